The predicted molar refractivity (Wildman–Crippen MR) is 105 cm³/mol. The summed E-state index contributed by atoms with van der Waals surface area (Å²) in [6, 6.07) is 7.12. The second kappa shape index (κ2) is 7.45. The normalized spacial score (nSPS) is 24.6. The molecule has 3 amide bonds. The summed E-state index contributed by atoms with van der Waals surface area (Å²) in [6.45, 7) is 8.98. The van der Waals surface area contributed by atoms with Crippen LogP contribution in [0.15, 0.2) is 24.3 Å². The van der Waals surface area contributed by atoms with Crippen molar-refractivity contribution in [2.75, 3.05) is 19.6 Å². The minimum atomic E-state index is -0.529. The van der Waals surface area contributed by atoms with E-state index in [-0.39, 0.29) is 29.9 Å². The molecule has 1 saturated heterocycles. The van der Waals surface area contributed by atoms with E-state index in [0.29, 0.717) is 25.2 Å². The van der Waals surface area contributed by atoms with Crippen LogP contribution in [0, 0.1) is 5.92 Å². The highest BCUT2D eigenvalue weighted by Gasteiger charge is 2.47. The number of hydrogen-bond donors (Lipinski definition) is 1. The van der Waals surface area contributed by atoms with E-state index in [0.717, 1.165) is 12.0 Å². The lowest BCUT2D eigenvalue weighted by atomic mass is 10.1. The van der Waals surface area contributed by atoms with E-state index in [9.17, 15) is 14.4 Å². The molecule has 1 aliphatic heterocycles. The summed E-state index contributed by atoms with van der Waals surface area (Å²) in [4.78, 5) is 40.0. The van der Waals surface area contributed by atoms with Gasteiger partial charge in [0.1, 0.15) is 5.60 Å². The zero-order chi connectivity index (χ0) is 20.6. The van der Waals surface area contributed by atoms with E-state index >= 15 is 0 Å². The topological polar surface area (TPSA) is 92.9 Å². The molecule has 0 bridgehead atoms. The van der Waals surface area contributed by atoms with Gasteiger partial charge in [-0.05, 0) is 57.7 Å². The molecule has 2 fully saturated rings. The number of rotatable bonds is 3. The van der Waals surface area contributed by atoms with Gasteiger partial charge in [-0.15, -0.1) is 0 Å². The zero-order valence-electron chi connectivity index (χ0n) is 17.0. The summed E-state index contributed by atoms with van der Waals surface area (Å²) < 4.78 is 5.43. The smallest absolute Gasteiger partial charge is 0.410 e. The van der Waals surface area contributed by atoms with Crippen molar-refractivity contribution in [3.8, 4) is 0 Å². The third kappa shape index (κ3) is 4.46. The fraction of sp³-hybridized carbons (Fsp3) is 0.571. The van der Waals surface area contributed by atoms with Gasteiger partial charge in [-0.3, -0.25) is 9.59 Å². The van der Waals surface area contributed by atoms with Crippen LogP contribution in [0.25, 0.3) is 0 Å². The molecule has 3 rings (SSSR count). The Morgan fingerprint density at radius 1 is 1.11 bits per heavy atom. The first-order chi connectivity index (χ1) is 13.1. The van der Waals surface area contributed by atoms with Gasteiger partial charge >= 0.3 is 6.09 Å². The Morgan fingerprint density at radius 2 is 1.75 bits per heavy atom. The number of primary amides is 1. The summed E-state index contributed by atoms with van der Waals surface area (Å²) in [5.74, 6) is -0.160. The predicted octanol–water partition coefficient (Wildman–Crippen LogP) is 2.36. The molecule has 7 heteroatoms. The molecule has 1 heterocycles. The van der Waals surface area contributed by atoms with E-state index < -0.39 is 11.5 Å². The number of hydrogen-bond acceptors (Lipinski definition) is 4. The number of piperazine rings is 1. The molecule has 152 valence electrons. The zero-order valence-corrected chi connectivity index (χ0v) is 17.0. The SMILES string of the molecule is C[C@H]1CN(C(=O)OC(C)(C)C)CCN1C(=O)[C@@H]1C[C@H]1c1ccc(C(N)=O)cc1. The van der Waals surface area contributed by atoms with Crippen LogP contribution < -0.4 is 5.73 Å². The van der Waals surface area contributed by atoms with Crippen LogP contribution in [0.3, 0.4) is 0 Å². The largest absolute Gasteiger partial charge is 0.444 e. The lowest BCUT2D eigenvalue weighted by molar-refractivity contribution is -0.137. The first-order valence-corrected chi connectivity index (χ1v) is 9.75. The van der Waals surface area contributed by atoms with Gasteiger partial charge in [0.15, 0.2) is 0 Å². The third-order valence-electron chi connectivity index (χ3n) is 5.29. The molecule has 1 aromatic rings. The minimum absolute atomic E-state index is 0.0324. The van der Waals surface area contributed by atoms with Crippen molar-refractivity contribution in [2.24, 2.45) is 11.7 Å². The molecule has 1 aliphatic carbocycles. The van der Waals surface area contributed by atoms with E-state index in [1.165, 1.54) is 0 Å². The lowest BCUT2D eigenvalue weighted by Crippen LogP contribution is -2.56. The highest BCUT2D eigenvalue weighted by atomic mass is 16.6. The Bertz CT molecular complexity index is 769. The maximum absolute atomic E-state index is 13.0. The van der Waals surface area contributed by atoms with Crippen molar-refractivity contribution in [1.29, 1.82) is 0 Å². The fourth-order valence-electron chi connectivity index (χ4n) is 3.72. The summed E-state index contributed by atoms with van der Waals surface area (Å²) in [7, 11) is 0. The monoisotopic (exact) mass is 387 g/mol. The van der Waals surface area contributed by atoms with Crippen molar-refractivity contribution >= 4 is 17.9 Å². The molecule has 0 spiro atoms. The maximum Gasteiger partial charge on any atom is 0.410 e. The van der Waals surface area contributed by atoms with Crippen LogP contribution in [0.5, 0.6) is 0 Å². The van der Waals surface area contributed by atoms with E-state index in [2.05, 4.69) is 0 Å². The third-order valence-corrected chi connectivity index (χ3v) is 5.29. The molecule has 0 radical (unpaired) electrons. The molecule has 2 aliphatic rings. The van der Waals surface area contributed by atoms with Gasteiger partial charge in [-0.1, -0.05) is 12.1 Å². The number of nitrogens with two attached hydrogens (primary N) is 1. The van der Waals surface area contributed by atoms with Crippen molar-refractivity contribution in [2.45, 2.75) is 51.7 Å². The van der Waals surface area contributed by atoms with Gasteiger partial charge in [0.05, 0.1) is 0 Å². The number of carbonyl (C=O) groups is 3. The molecule has 0 unspecified atom stereocenters. The first-order valence-electron chi connectivity index (χ1n) is 9.75. The van der Waals surface area contributed by atoms with Gasteiger partial charge in [0.2, 0.25) is 11.8 Å². The summed E-state index contributed by atoms with van der Waals surface area (Å²) in [5, 5.41) is 0. The Kier molecular flexibility index (Phi) is 5.37. The van der Waals surface area contributed by atoms with Crippen LogP contribution in [-0.2, 0) is 9.53 Å². The van der Waals surface area contributed by atoms with Gasteiger partial charge in [0, 0.05) is 37.2 Å². The molecule has 1 saturated carbocycles. The second-order valence-electron chi connectivity index (χ2n) is 8.74. The molecule has 0 aromatic heterocycles. The van der Waals surface area contributed by atoms with E-state index in [1.54, 1.807) is 17.0 Å². The summed E-state index contributed by atoms with van der Waals surface area (Å²) >= 11 is 0. The quantitative estimate of drug-likeness (QED) is 0.862. The Balaban J connectivity index is 1.56. The van der Waals surface area contributed by atoms with Crippen LogP contribution in [-0.4, -0.2) is 59.0 Å². The van der Waals surface area contributed by atoms with Crippen molar-refractivity contribution < 1.29 is 19.1 Å². The number of nitrogens with zero attached hydrogens (tertiary/aromatic N) is 2. The molecule has 3 atom stereocenters. The Labute approximate surface area is 165 Å². The summed E-state index contributed by atoms with van der Waals surface area (Å²) in [6.07, 6.45) is 0.485. The van der Waals surface area contributed by atoms with Gasteiger partial charge in [-0.2, -0.15) is 0 Å². The lowest BCUT2D eigenvalue weighted by Gasteiger charge is -2.40. The van der Waals surface area contributed by atoms with Crippen molar-refractivity contribution in [3.63, 3.8) is 0 Å². The van der Waals surface area contributed by atoms with Gasteiger partial charge in [-0.25, -0.2) is 4.79 Å². The molecule has 28 heavy (non-hydrogen) atoms. The van der Waals surface area contributed by atoms with E-state index in [4.69, 9.17) is 10.5 Å². The van der Waals surface area contributed by atoms with Crippen molar-refractivity contribution in [3.05, 3.63) is 35.4 Å². The standard InChI is InChI=1S/C21H29N3O4/c1-13-12-23(20(27)28-21(2,3)4)9-10-24(13)19(26)17-11-16(17)14-5-7-15(8-6-14)18(22)25/h5-8,13,16-17H,9-12H2,1-4H3,(H2,22,25)/t13-,16-,17+/m0/s1. The Morgan fingerprint density at radius 3 is 2.29 bits per heavy atom. The average molecular weight is 387 g/mol. The van der Waals surface area contributed by atoms with Crippen LogP contribution in [0.1, 0.15) is 56.0 Å². The van der Waals surface area contributed by atoms with Crippen LogP contribution in [0.4, 0.5) is 4.79 Å². The average Bonchev–Trinajstić information content (AvgIpc) is 3.40. The van der Waals surface area contributed by atoms with Crippen LogP contribution >= 0.6 is 0 Å². The number of benzene rings is 1. The highest BCUT2D eigenvalue weighted by Crippen LogP contribution is 2.48. The first kappa shape index (κ1) is 20.2. The molecule has 7 nitrogen and oxygen atoms in total. The molecule has 2 N–H and O–H groups in total. The van der Waals surface area contributed by atoms with E-state index in [1.807, 2.05) is 44.7 Å². The molecular formula is C21H29N3O4. The van der Waals surface area contributed by atoms with Crippen LogP contribution in [0.2, 0.25) is 0 Å². The van der Waals surface area contributed by atoms with Gasteiger partial charge in [0.25, 0.3) is 0 Å². The minimum Gasteiger partial charge on any atom is -0.444 e. The molecule has 1 aromatic carbocycles. The van der Waals surface area contributed by atoms with Gasteiger partial charge < -0.3 is 20.3 Å². The number of carbonyl (C=O) groups excluding carboxylic acids is 3. The maximum atomic E-state index is 13.0. The number of amides is 3. The summed E-state index contributed by atoms with van der Waals surface area (Å²) in [5.41, 5.74) is 6.27. The highest BCUT2D eigenvalue weighted by molar-refractivity contribution is 5.92. The van der Waals surface area contributed by atoms with Crippen molar-refractivity contribution in [1.82, 2.24) is 9.80 Å². The Hall–Kier alpha value is -2.57. The second-order valence-corrected chi connectivity index (χ2v) is 8.74. The molecular weight excluding hydrogens is 358 g/mol. The fourth-order valence-corrected chi connectivity index (χ4v) is 3.72. The number of ether oxygens (including phenoxy) is 1.